The molecule has 0 aromatic rings. The van der Waals surface area contributed by atoms with Gasteiger partial charge in [0.1, 0.15) is 5.60 Å². The number of carbonyl (C=O) groups is 1. The minimum atomic E-state index is -0.478. The number of hydrogen-bond donors (Lipinski definition) is 2. The van der Waals surface area contributed by atoms with Crippen molar-refractivity contribution in [2.24, 2.45) is 11.8 Å². The SMILES string of the molecule is CC(C)(C)OC(=O)N1CCC(CC2CCNCC2)C(O)C1. The van der Waals surface area contributed by atoms with E-state index < -0.39 is 11.7 Å². The molecule has 2 unspecified atom stereocenters. The standard InChI is InChI=1S/C16H30N2O3/c1-16(2,3)21-15(20)18-9-6-13(14(19)11-18)10-12-4-7-17-8-5-12/h12-14,17,19H,4-11H2,1-3H3. The Morgan fingerprint density at radius 1 is 1.29 bits per heavy atom. The molecule has 0 saturated carbocycles. The number of nitrogens with zero attached hydrogens (tertiary/aromatic N) is 1. The van der Waals surface area contributed by atoms with E-state index in [0.29, 0.717) is 19.0 Å². The normalized spacial score (nSPS) is 28.5. The number of hydrogen-bond acceptors (Lipinski definition) is 4. The van der Waals surface area contributed by atoms with Crippen LogP contribution in [0.4, 0.5) is 4.79 Å². The molecule has 2 aliphatic rings. The van der Waals surface area contributed by atoms with Gasteiger partial charge in [0, 0.05) is 6.54 Å². The summed E-state index contributed by atoms with van der Waals surface area (Å²) < 4.78 is 5.38. The van der Waals surface area contributed by atoms with Crippen LogP contribution in [0.2, 0.25) is 0 Å². The third-order valence-electron chi connectivity index (χ3n) is 4.47. The van der Waals surface area contributed by atoms with Crippen LogP contribution in [0.3, 0.4) is 0 Å². The maximum absolute atomic E-state index is 12.0. The lowest BCUT2D eigenvalue weighted by molar-refractivity contribution is -0.0176. The highest BCUT2D eigenvalue weighted by atomic mass is 16.6. The van der Waals surface area contributed by atoms with Crippen molar-refractivity contribution in [1.29, 1.82) is 0 Å². The maximum atomic E-state index is 12.0. The molecule has 2 rings (SSSR count). The molecule has 2 atom stereocenters. The van der Waals surface area contributed by atoms with Crippen molar-refractivity contribution in [3.05, 3.63) is 0 Å². The zero-order valence-electron chi connectivity index (χ0n) is 13.6. The van der Waals surface area contributed by atoms with Crippen LogP contribution in [-0.4, -0.2) is 54.0 Å². The van der Waals surface area contributed by atoms with E-state index in [9.17, 15) is 9.90 Å². The van der Waals surface area contributed by atoms with Crippen LogP contribution in [0.25, 0.3) is 0 Å². The first-order chi connectivity index (χ1) is 9.85. The number of likely N-dealkylation sites (tertiary alicyclic amines) is 1. The van der Waals surface area contributed by atoms with Crippen molar-refractivity contribution in [2.45, 2.75) is 58.2 Å². The summed E-state index contributed by atoms with van der Waals surface area (Å²) in [6.07, 6.45) is 3.66. The number of aliphatic hydroxyl groups is 1. The van der Waals surface area contributed by atoms with Gasteiger partial charge in [-0.25, -0.2) is 4.79 Å². The smallest absolute Gasteiger partial charge is 0.410 e. The Morgan fingerprint density at radius 2 is 1.95 bits per heavy atom. The van der Waals surface area contributed by atoms with Gasteiger partial charge in [0.05, 0.1) is 12.6 Å². The second kappa shape index (κ2) is 6.97. The van der Waals surface area contributed by atoms with Gasteiger partial charge in [-0.05, 0) is 71.4 Å². The Morgan fingerprint density at radius 3 is 2.52 bits per heavy atom. The Bertz CT molecular complexity index is 348. The van der Waals surface area contributed by atoms with Crippen molar-refractivity contribution in [3.8, 4) is 0 Å². The van der Waals surface area contributed by atoms with Crippen LogP contribution in [0.5, 0.6) is 0 Å². The van der Waals surface area contributed by atoms with Gasteiger partial charge in [0.15, 0.2) is 0 Å². The summed E-state index contributed by atoms with van der Waals surface area (Å²) in [7, 11) is 0. The number of ether oxygens (including phenoxy) is 1. The van der Waals surface area contributed by atoms with Crippen LogP contribution < -0.4 is 5.32 Å². The molecular formula is C16H30N2O3. The Balaban J connectivity index is 1.79. The lowest BCUT2D eigenvalue weighted by Gasteiger charge is -2.38. The molecule has 2 N–H and O–H groups in total. The third-order valence-corrected chi connectivity index (χ3v) is 4.47. The predicted octanol–water partition coefficient (Wildman–Crippen LogP) is 1.99. The first-order valence-corrected chi connectivity index (χ1v) is 8.22. The minimum Gasteiger partial charge on any atom is -0.444 e. The average molecular weight is 298 g/mol. The van der Waals surface area contributed by atoms with E-state index in [0.717, 1.165) is 31.8 Å². The summed E-state index contributed by atoms with van der Waals surface area (Å²) in [5.41, 5.74) is -0.478. The lowest BCUT2D eigenvalue weighted by Crippen LogP contribution is -2.48. The molecule has 0 spiro atoms. The van der Waals surface area contributed by atoms with E-state index in [1.165, 1.54) is 12.8 Å². The van der Waals surface area contributed by atoms with E-state index in [4.69, 9.17) is 4.74 Å². The van der Waals surface area contributed by atoms with Gasteiger partial charge in [0.2, 0.25) is 0 Å². The first kappa shape index (κ1) is 16.6. The molecule has 2 heterocycles. The zero-order chi connectivity index (χ0) is 15.5. The summed E-state index contributed by atoms with van der Waals surface area (Å²) in [5, 5.41) is 13.7. The molecule has 0 aromatic carbocycles. The van der Waals surface area contributed by atoms with Gasteiger partial charge in [-0.2, -0.15) is 0 Å². The van der Waals surface area contributed by atoms with E-state index in [2.05, 4.69) is 5.32 Å². The fourth-order valence-corrected chi connectivity index (χ4v) is 3.29. The van der Waals surface area contributed by atoms with Gasteiger partial charge in [-0.3, -0.25) is 0 Å². The van der Waals surface area contributed by atoms with Crippen LogP contribution in [0, 0.1) is 11.8 Å². The number of carbonyl (C=O) groups excluding carboxylic acids is 1. The second-order valence-corrected chi connectivity index (χ2v) is 7.47. The number of nitrogens with one attached hydrogen (secondary N) is 1. The van der Waals surface area contributed by atoms with Gasteiger partial charge in [-0.15, -0.1) is 0 Å². The average Bonchev–Trinajstić information content (AvgIpc) is 2.40. The maximum Gasteiger partial charge on any atom is 0.410 e. The van der Waals surface area contributed by atoms with E-state index in [1.54, 1.807) is 4.90 Å². The second-order valence-electron chi connectivity index (χ2n) is 7.47. The van der Waals surface area contributed by atoms with Gasteiger partial charge in [0.25, 0.3) is 0 Å². The highest BCUT2D eigenvalue weighted by Crippen LogP contribution is 2.29. The number of piperidine rings is 2. The van der Waals surface area contributed by atoms with Crippen LogP contribution in [0.1, 0.15) is 46.5 Å². The molecule has 5 heteroatoms. The zero-order valence-corrected chi connectivity index (χ0v) is 13.6. The van der Waals surface area contributed by atoms with Crippen molar-refractivity contribution in [2.75, 3.05) is 26.2 Å². The molecule has 0 aliphatic carbocycles. The van der Waals surface area contributed by atoms with Crippen LogP contribution >= 0.6 is 0 Å². The van der Waals surface area contributed by atoms with E-state index in [1.807, 2.05) is 20.8 Å². The monoisotopic (exact) mass is 298 g/mol. The molecule has 1 amide bonds. The largest absolute Gasteiger partial charge is 0.444 e. The molecule has 122 valence electrons. The summed E-state index contributed by atoms with van der Waals surface area (Å²) in [6, 6.07) is 0. The first-order valence-electron chi connectivity index (χ1n) is 8.22. The number of rotatable bonds is 2. The minimum absolute atomic E-state index is 0.304. The van der Waals surface area contributed by atoms with Crippen LogP contribution in [-0.2, 0) is 4.74 Å². The van der Waals surface area contributed by atoms with Crippen molar-refractivity contribution >= 4 is 6.09 Å². The predicted molar refractivity (Wildman–Crippen MR) is 82.1 cm³/mol. The Hall–Kier alpha value is -0.810. The van der Waals surface area contributed by atoms with Crippen molar-refractivity contribution in [1.82, 2.24) is 10.2 Å². The molecular weight excluding hydrogens is 268 g/mol. The molecule has 0 aromatic heterocycles. The van der Waals surface area contributed by atoms with Crippen molar-refractivity contribution < 1.29 is 14.6 Å². The quantitative estimate of drug-likeness (QED) is 0.818. The molecule has 0 radical (unpaired) electrons. The van der Waals surface area contributed by atoms with Gasteiger partial charge in [-0.1, -0.05) is 0 Å². The van der Waals surface area contributed by atoms with E-state index in [-0.39, 0.29) is 6.09 Å². The number of amides is 1. The Kier molecular flexibility index (Phi) is 5.49. The highest BCUT2D eigenvalue weighted by molar-refractivity contribution is 5.68. The molecule has 2 fully saturated rings. The van der Waals surface area contributed by atoms with Crippen LogP contribution in [0.15, 0.2) is 0 Å². The molecule has 0 bridgehead atoms. The Labute approximate surface area is 128 Å². The molecule has 5 nitrogen and oxygen atoms in total. The summed E-state index contributed by atoms with van der Waals surface area (Å²) in [4.78, 5) is 13.7. The van der Waals surface area contributed by atoms with Gasteiger partial charge < -0.3 is 20.1 Å². The highest BCUT2D eigenvalue weighted by Gasteiger charge is 2.33. The number of β-amino-alcohol motifs (C(OH)–C–C–N with tert-alkyl or cyclic N) is 1. The number of aliphatic hydroxyl groups excluding tert-OH is 1. The summed E-state index contributed by atoms with van der Waals surface area (Å²) in [6.45, 7) is 8.89. The molecule has 2 saturated heterocycles. The fraction of sp³-hybridized carbons (Fsp3) is 0.938. The topological polar surface area (TPSA) is 61.8 Å². The third kappa shape index (κ3) is 5.15. The lowest BCUT2D eigenvalue weighted by atomic mass is 9.82. The summed E-state index contributed by atoms with van der Waals surface area (Å²) in [5.74, 6) is 1.05. The molecule has 21 heavy (non-hydrogen) atoms. The van der Waals surface area contributed by atoms with E-state index >= 15 is 0 Å². The fourth-order valence-electron chi connectivity index (χ4n) is 3.29. The molecule has 2 aliphatic heterocycles. The van der Waals surface area contributed by atoms with Gasteiger partial charge >= 0.3 is 6.09 Å². The summed E-state index contributed by atoms with van der Waals surface area (Å²) >= 11 is 0. The van der Waals surface area contributed by atoms with Crippen molar-refractivity contribution in [3.63, 3.8) is 0 Å².